The molecule has 1 saturated heterocycles. The number of nitrogens with two attached hydrogens (primary N) is 1. The monoisotopic (exact) mass is 241 g/mol. The van der Waals surface area contributed by atoms with Crippen LogP contribution in [0.2, 0.25) is 0 Å². The predicted molar refractivity (Wildman–Crippen MR) is 65.9 cm³/mol. The van der Waals surface area contributed by atoms with Crippen LogP contribution >= 0.6 is 11.8 Å². The molecule has 4 heteroatoms. The van der Waals surface area contributed by atoms with Crippen LogP contribution in [0.4, 0.5) is 10.1 Å². The minimum absolute atomic E-state index is 0.195. The van der Waals surface area contributed by atoms with E-state index in [0.717, 1.165) is 37.4 Å². The molecule has 0 amide bonds. The van der Waals surface area contributed by atoms with Gasteiger partial charge in [-0.25, -0.2) is 4.39 Å². The second-order valence-electron chi connectivity index (χ2n) is 3.97. The summed E-state index contributed by atoms with van der Waals surface area (Å²) >= 11 is 1.81. The number of ether oxygens (including phenoxy) is 1. The molecule has 0 radical (unpaired) electrons. The summed E-state index contributed by atoms with van der Waals surface area (Å²) in [5, 5.41) is 0.603. The molecule has 0 bridgehead atoms. The Morgan fingerprint density at radius 3 is 2.81 bits per heavy atom. The van der Waals surface area contributed by atoms with Crippen molar-refractivity contribution in [3.63, 3.8) is 0 Å². The van der Waals surface area contributed by atoms with Gasteiger partial charge in [-0.3, -0.25) is 0 Å². The third-order valence-corrected chi connectivity index (χ3v) is 4.14. The zero-order chi connectivity index (χ0) is 11.4. The van der Waals surface area contributed by atoms with Crippen LogP contribution in [0.25, 0.3) is 0 Å². The zero-order valence-electron chi connectivity index (χ0n) is 9.12. The summed E-state index contributed by atoms with van der Waals surface area (Å²) in [6.07, 6.45) is 2.14. The smallest absolute Gasteiger partial charge is 0.129 e. The molecular formula is C12H16FNOS. The molecule has 2 nitrogen and oxygen atoms in total. The molecule has 0 saturated carbocycles. The Morgan fingerprint density at radius 1 is 1.38 bits per heavy atom. The van der Waals surface area contributed by atoms with E-state index in [-0.39, 0.29) is 5.82 Å². The van der Waals surface area contributed by atoms with E-state index in [1.165, 1.54) is 6.07 Å². The van der Waals surface area contributed by atoms with Gasteiger partial charge >= 0.3 is 0 Å². The van der Waals surface area contributed by atoms with E-state index in [4.69, 9.17) is 10.5 Å². The fourth-order valence-electron chi connectivity index (χ4n) is 1.73. The van der Waals surface area contributed by atoms with Crippen molar-refractivity contribution in [3.8, 4) is 0 Å². The number of hydrogen-bond acceptors (Lipinski definition) is 3. The van der Waals surface area contributed by atoms with Crippen LogP contribution in [-0.4, -0.2) is 18.5 Å². The molecule has 1 aromatic rings. The number of rotatable bonds is 3. The fourth-order valence-corrected chi connectivity index (χ4v) is 2.91. The molecule has 0 aromatic heterocycles. The summed E-state index contributed by atoms with van der Waals surface area (Å²) in [7, 11) is 0. The fraction of sp³-hybridized carbons (Fsp3) is 0.500. The van der Waals surface area contributed by atoms with Crippen LogP contribution in [-0.2, 0) is 10.5 Å². The van der Waals surface area contributed by atoms with Crippen LogP contribution in [0.15, 0.2) is 18.2 Å². The average molecular weight is 241 g/mol. The highest BCUT2D eigenvalue weighted by Crippen LogP contribution is 2.26. The average Bonchev–Trinajstić information content (AvgIpc) is 2.29. The summed E-state index contributed by atoms with van der Waals surface area (Å²) in [6.45, 7) is 1.67. The maximum absolute atomic E-state index is 13.5. The van der Waals surface area contributed by atoms with E-state index in [2.05, 4.69) is 0 Å². The van der Waals surface area contributed by atoms with Gasteiger partial charge in [0.25, 0.3) is 0 Å². The van der Waals surface area contributed by atoms with Crippen molar-refractivity contribution in [2.45, 2.75) is 23.8 Å². The first-order chi connectivity index (χ1) is 7.75. The molecule has 1 heterocycles. The number of nitrogen functional groups attached to an aromatic ring is 1. The molecule has 0 aliphatic carbocycles. The molecule has 0 atom stereocenters. The molecule has 1 fully saturated rings. The molecular weight excluding hydrogens is 225 g/mol. The number of anilines is 1. The number of halogens is 1. The third kappa shape index (κ3) is 3.12. The molecule has 1 aromatic carbocycles. The maximum Gasteiger partial charge on any atom is 0.129 e. The van der Waals surface area contributed by atoms with Crippen molar-refractivity contribution in [2.75, 3.05) is 18.9 Å². The normalized spacial score (nSPS) is 17.6. The minimum Gasteiger partial charge on any atom is -0.399 e. The molecule has 88 valence electrons. The lowest BCUT2D eigenvalue weighted by atomic mass is 10.2. The van der Waals surface area contributed by atoms with Gasteiger partial charge in [-0.1, -0.05) is 6.07 Å². The first-order valence-corrected chi connectivity index (χ1v) is 6.54. The van der Waals surface area contributed by atoms with Crippen molar-refractivity contribution in [1.29, 1.82) is 0 Å². The predicted octanol–water partition coefficient (Wildman–Crippen LogP) is 2.82. The van der Waals surface area contributed by atoms with E-state index in [1.54, 1.807) is 12.1 Å². The van der Waals surface area contributed by atoms with Crippen LogP contribution in [0.5, 0.6) is 0 Å². The van der Waals surface area contributed by atoms with E-state index in [0.29, 0.717) is 10.9 Å². The summed E-state index contributed by atoms with van der Waals surface area (Å²) < 4.78 is 18.8. The summed E-state index contributed by atoms with van der Waals surface area (Å²) in [5.74, 6) is 0.524. The third-order valence-electron chi connectivity index (χ3n) is 2.72. The summed E-state index contributed by atoms with van der Waals surface area (Å²) in [4.78, 5) is 0. The van der Waals surface area contributed by atoms with Gasteiger partial charge in [0.1, 0.15) is 5.82 Å². The van der Waals surface area contributed by atoms with E-state index >= 15 is 0 Å². The largest absolute Gasteiger partial charge is 0.399 e. The molecule has 2 rings (SSSR count). The second kappa shape index (κ2) is 5.55. The van der Waals surface area contributed by atoms with Gasteiger partial charge in [-0.2, -0.15) is 11.8 Å². The van der Waals surface area contributed by atoms with Crippen molar-refractivity contribution in [2.24, 2.45) is 0 Å². The lowest BCUT2D eigenvalue weighted by Crippen LogP contribution is -2.17. The Hall–Kier alpha value is -0.740. The van der Waals surface area contributed by atoms with E-state index in [1.807, 2.05) is 11.8 Å². The zero-order valence-corrected chi connectivity index (χ0v) is 9.93. The maximum atomic E-state index is 13.5. The Bertz CT molecular complexity index is 353. The molecule has 16 heavy (non-hydrogen) atoms. The minimum atomic E-state index is -0.195. The Kier molecular flexibility index (Phi) is 4.07. The van der Waals surface area contributed by atoms with Crippen molar-refractivity contribution in [1.82, 2.24) is 0 Å². The SMILES string of the molecule is Nc1ccc(CSC2CCOCC2)c(F)c1. The molecule has 1 aliphatic heterocycles. The van der Waals surface area contributed by atoms with Crippen molar-refractivity contribution >= 4 is 17.4 Å². The van der Waals surface area contributed by atoms with Gasteiger partial charge in [-0.05, 0) is 30.5 Å². The Labute approximate surface area is 99.4 Å². The van der Waals surface area contributed by atoms with Gasteiger partial charge in [0.2, 0.25) is 0 Å². The Morgan fingerprint density at radius 2 is 2.12 bits per heavy atom. The van der Waals surface area contributed by atoms with Gasteiger partial charge < -0.3 is 10.5 Å². The Balaban J connectivity index is 1.88. The topological polar surface area (TPSA) is 35.2 Å². The molecule has 0 spiro atoms. The van der Waals surface area contributed by atoms with Crippen LogP contribution < -0.4 is 5.73 Å². The highest BCUT2D eigenvalue weighted by molar-refractivity contribution is 7.99. The highest BCUT2D eigenvalue weighted by atomic mass is 32.2. The van der Waals surface area contributed by atoms with Gasteiger partial charge in [0.05, 0.1) is 0 Å². The molecule has 1 aliphatic rings. The second-order valence-corrected chi connectivity index (χ2v) is 5.26. The summed E-state index contributed by atoms with van der Waals surface area (Å²) in [5.41, 5.74) is 6.73. The lowest BCUT2D eigenvalue weighted by molar-refractivity contribution is 0.1000. The lowest BCUT2D eigenvalue weighted by Gasteiger charge is -2.21. The van der Waals surface area contributed by atoms with Crippen LogP contribution in [0, 0.1) is 5.82 Å². The van der Waals surface area contributed by atoms with E-state index < -0.39 is 0 Å². The number of thioether (sulfide) groups is 1. The van der Waals surface area contributed by atoms with Gasteiger partial charge in [0, 0.05) is 29.9 Å². The van der Waals surface area contributed by atoms with Crippen molar-refractivity contribution < 1.29 is 9.13 Å². The molecule has 2 N–H and O–H groups in total. The molecule has 0 unspecified atom stereocenters. The van der Waals surface area contributed by atoms with Crippen LogP contribution in [0.3, 0.4) is 0 Å². The quantitative estimate of drug-likeness (QED) is 0.826. The van der Waals surface area contributed by atoms with E-state index in [9.17, 15) is 4.39 Å². The van der Waals surface area contributed by atoms with Crippen molar-refractivity contribution in [3.05, 3.63) is 29.6 Å². The first kappa shape index (κ1) is 11.7. The first-order valence-electron chi connectivity index (χ1n) is 5.49. The van der Waals surface area contributed by atoms with Gasteiger partial charge in [-0.15, -0.1) is 0 Å². The number of benzene rings is 1. The number of hydrogen-bond donors (Lipinski definition) is 1. The van der Waals surface area contributed by atoms with Crippen LogP contribution in [0.1, 0.15) is 18.4 Å². The standard InChI is InChI=1S/C12H16FNOS/c13-12-7-10(14)2-1-9(12)8-16-11-3-5-15-6-4-11/h1-2,7,11H,3-6,8,14H2. The highest BCUT2D eigenvalue weighted by Gasteiger charge is 2.14. The summed E-state index contributed by atoms with van der Waals surface area (Å²) in [6, 6.07) is 4.92. The van der Waals surface area contributed by atoms with Gasteiger partial charge in [0.15, 0.2) is 0 Å².